The molecule has 23 heavy (non-hydrogen) atoms. The average Bonchev–Trinajstić information content (AvgIpc) is 2.53. The first-order valence-corrected chi connectivity index (χ1v) is 7.92. The van der Waals surface area contributed by atoms with Crippen molar-refractivity contribution in [1.82, 2.24) is 4.98 Å². The second-order valence-corrected chi connectivity index (χ2v) is 5.60. The molecule has 0 atom stereocenters. The van der Waals surface area contributed by atoms with E-state index in [0.717, 1.165) is 18.4 Å². The smallest absolute Gasteiger partial charge is 0.238 e. The highest BCUT2D eigenvalue weighted by atomic mass is 35.5. The summed E-state index contributed by atoms with van der Waals surface area (Å²) < 4.78 is 16.4. The number of hydrogen-bond donors (Lipinski definition) is 0. The van der Waals surface area contributed by atoms with Crippen LogP contribution in [0.15, 0.2) is 30.5 Å². The van der Waals surface area contributed by atoms with Gasteiger partial charge in [0, 0.05) is 19.4 Å². The van der Waals surface area contributed by atoms with E-state index < -0.39 is 0 Å². The highest BCUT2D eigenvalue weighted by Crippen LogP contribution is 2.33. The van der Waals surface area contributed by atoms with Gasteiger partial charge < -0.3 is 14.2 Å². The van der Waals surface area contributed by atoms with Gasteiger partial charge >= 0.3 is 0 Å². The Hall–Kier alpha value is -1.49. The van der Waals surface area contributed by atoms with Crippen LogP contribution < -0.4 is 9.47 Å². The Morgan fingerprint density at radius 2 is 2.00 bits per heavy atom. The van der Waals surface area contributed by atoms with Crippen molar-refractivity contribution >= 4 is 23.2 Å². The van der Waals surface area contributed by atoms with Crippen LogP contribution in [-0.2, 0) is 11.2 Å². The zero-order valence-electron chi connectivity index (χ0n) is 12.9. The van der Waals surface area contributed by atoms with Crippen LogP contribution in [0, 0.1) is 6.92 Å². The molecule has 0 aliphatic carbocycles. The summed E-state index contributed by atoms with van der Waals surface area (Å²) in [6.45, 7) is 4.86. The van der Waals surface area contributed by atoms with Crippen molar-refractivity contribution in [3.8, 4) is 17.4 Å². The summed E-state index contributed by atoms with van der Waals surface area (Å²) in [6, 6.07) is 7.25. The Morgan fingerprint density at radius 3 is 2.70 bits per heavy atom. The molecule has 2 aromatic rings. The Kier molecular flexibility index (Phi) is 6.96. The maximum atomic E-state index is 6.12. The van der Waals surface area contributed by atoms with Gasteiger partial charge in [-0.15, -0.1) is 0 Å². The van der Waals surface area contributed by atoms with E-state index in [4.69, 9.17) is 37.4 Å². The molecule has 4 nitrogen and oxygen atoms in total. The van der Waals surface area contributed by atoms with Crippen molar-refractivity contribution in [2.45, 2.75) is 12.8 Å². The standard InChI is InChI=1S/C17H18Cl2NO3/c1-3-4-12-5-6-14(22-8-7-21-2)10-16(12)23-17-15(19)9-13(18)11-20-17/h5-6,9-11H,1,3-4,7-8H2,2H3. The number of aryl methyl sites for hydroxylation is 1. The van der Waals surface area contributed by atoms with Gasteiger partial charge in [-0.25, -0.2) is 4.98 Å². The first-order chi connectivity index (χ1) is 11.1. The molecule has 0 amide bonds. The molecule has 123 valence electrons. The van der Waals surface area contributed by atoms with Crippen molar-refractivity contribution < 1.29 is 14.2 Å². The molecule has 0 bridgehead atoms. The molecule has 0 aliphatic rings. The zero-order chi connectivity index (χ0) is 16.7. The number of halogens is 2. The Bertz CT molecular complexity index is 650. The van der Waals surface area contributed by atoms with Crippen molar-refractivity contribution in [1.29, 1.82) is 0 Å². The van der Waals surface area contributed by atoms with Gasteiger partial charge in [0.25, 0.3) is 0 Å². The van der Waals surface area contributed by atoms with Crippen LogP contribution in [-0.4, -0.2) is 25.3 Å². The van der Waals surface area contributed by atoms with Gasteiger partial charge in [0.05, 0.1) is 11.6 Å². The van der Waals surface area contributed by atoms with Crippen LogP contribution in [0.5, 0.6) is 17.4 Å². The number of methoxy groups -OCH3 is 1. The van der Waals surface area contributed by atoms with E-state index >= 15 is 0 Å². The second kappa shape index (κ2) is 8.96. The van der Waals surface area contributed by atoms with Crippen LogP contribution in [0.2, 0.25) is 10.0 Å². The molecule has 0 unspecified atom stereocenters. The molecule has 1 aromatic heterocycles. The molecule has 0 aliphatic heterocycles. The molecule has 0 saturated heterocycles. The predicted molar refractivity (Wildman–Crippen MR) is 91.8 cm³/mol. The maximum Gasteiger partial charge on any atom is 0.238 e. The van der Waals surface area contributed by atoms with Crippen LogP contribution in [0.4, 0.5) is 0 Å². The van der Waals surface area contributed by atoms with Crippen molar-refractivity contribution in [3.05, 3.63) is 53.0 Å². The van der Waals surface area contributed by atoms with Gasteiger partial charge in [0.1, 0.15) is 23.1 Å². The number of nitrogens with zero attached hydrogens (tertiary/aromatic N) is 1. The average molecular weight is 355 g/mol. The summed E-state index contributed by atoms with van der Waals surface area (Å²) in [7, 11) is 1.63. The van der Waals surface area contributed by atoms with E-state index in [1.807, 2.05) is 18.2 Å². The molecule has 0 fully saturated rings. The number of aromatic nitrogens is 1. The largest absolute Gasteiger partial charge is 0.491 e. The van der Waals surface area contributed by atoms with E-state index in [1.165, 1.54) is 6.20 Å². The van der Waals surface area contributed by atoms with Gasteiger partial charge in [0.2, 0.25) is 5.88 Å². The highest BCUT2D eigenvalue weighted by Gasteiger charge is 2.11. The molecular weight excluding hydrogens is 337 g/mol. The number of benzene rings is 1. The molecule has 1 radical (unpaired) electrons. The quantitative estimate of drug-likeness (QED) is 0.627. The van der Waals surface area contributed by atoms with E-state index in [2.05, 4.69) is 11.9 Å². The van der Waals surface area contributed by atoms with Gasteiger partial charge in [-0.2, -0.15) is 0 Å². The predicted octanol–water partition coefficient (Wildman–Crippen LogP) is 4.97. The lowest BCUT2D eigenvalue weighted by atomic mass is 10.1. The van der Waals surface area contributed by atoms with Gasteiger partial charge in [0.15, 0.2) is 0 Å². The fourth-order valence-corrected chi connectivity index (χ4v) is 2.36. The summed E-state index contributed by atoms with van der Waals surface area (Å²) in [4.78, 5) is 4.12. The van der Waals surface area contributed by atoms with Crippen molar-refractivity contribution in [3.63, 3.8) is 0 Å². The fraction of sp³-hybridized carbons (Fsp3) is 0.294. The van der Waals surface area contributed by atoms with Crippen LogP contribution in [0.1, 0.15) is 12.0 Å². The van der Waals surface area contributed by atoms with Crippen molar-refractivity contribution in [2.24, 2.45) is 0 Å². The summed E-state index contributed by atoms with van der Waals surface area (Å²) in [5.74, 6) is 1.63. The fourth-order valence-electron chi connectivity index (χ4n) is 1.94. The summed E-state index contributed by atoms with van der Waals surface area (Å²) in [5.41, 5.74) is 1.01. The van der Waals surface area contributed by atoms with E-state index in [1.54, 1.807) is 13.2 Å². The van der Waals surface area contributed by atoms with E-state index in [9.17, 15) is 0 Å². The summed E-state index contributed by atoms with van der Waals surface area (Å²) >= 11 is 12.0. The number of hydrogen-bond acceptors (Lipinski definition) is 4. The lowest BCUT2D eigenvalue weighted by Gasteiger charge is -2.13. The molecule has 6 heteroatoms. The Balaban J connectivity index is 2.23. The SMILES string of the molecule is [CH2]CCc1ccc(OCCOC)cc1Oc1ncc(Cl)cc1Cl. The van der Waals surface area contributed by atoms with Crippen LogP contribution >= 0.6 is 23.2 Å². The molecule has 2 rings (SSSR count). The van der Waals surface area contributed by atoms with E-state index in [-0.39, 0.29) is 0 Å². The Morgan fingerprint density at radius 1 is 1.17 bits per heavy atom. The molecule has 1 aromatic carbocycles. The first kappa shape index (κ1) is 17.9. The molecule has 0 saturated carbocycles. The number of ether oxygens (including phenoxy) is 3. The van der Waals surface area contributed by atoms with Crippen LogP contribution in [0.25, 0.3) is 0 Å². The first-order valence-electron chi connectivity index (χ1n) is 7.17. The van der Waals surface area contributed by atoms with Crippen LogP contribution in [0.3, 0.4) is 0 Å². The maximum absolute atomic E-state index is 6.12. The Labute approximate surface area is 146 Å². The second-order valence-electron chi connectivity index (χ2n) is 4.76. The number of pyridine rings is 1. The third-order valence-electron chi connectivity index (χ3n) is 3.02. The minimum atomic E-state index is 0.301. The topological polar surface area (TPSA) is 40.6 Å². The third-order valence-corrected chi connectivity index (χ3v) is 3.50. The lowest BCUT2D eigenvalue weighted by molar-refractivity contribution is 0.146. The minimum absolute atomic E-state index is 0.301. The lowest BCUT2D eigenvalue weighted by Crippen LogP contribution is -2.04. The van der Waals surface area contributed by atoms with Gasteiger partial charge in [-0.3, -0.25) is 0 Å². The van der Waals surface area contributed by atoms with Gasteiger partial charge in [-0.05, 0) is 30.5 Å². The minimum Gasteiger partial charge on any atom is -0.491 e. The number of rotatable bonds is 8. The zero-order valence-corrected chi connectivity index (χ0v) is 14.4. The summed E-state index contributed by atoms with van der Waals surface area (Å²) in [6.07, 6.45) is 3.02. The third kappa shape index (κ3) is 5.27. The molecule has 0 N–H and O–H groups in total. The summed E-state index contributed by atoms with van der Waals surface area (Å²) in [5, 5.41) is 0.806. The molecule has 1 heterocycles. The molecular formula is C17H18Cl2NO3. The monoisotopic (exact) mass is 354 g/mol. The van der Waals surface area contributed by atoms with E-state index in [0.29, 0.717) is 40.6 Å². The molecule has 0 spiro atoms. The van der Waals surface area contributed by atoms with Gasteiger partial charge in [-0.1, -0.05) is 36.2 Å². The normalized spacial score (nSPS) is 10.6. The van der Waals surface area contributed by atoms with Crippen molar-refractivity contribution in [2.75, 3.05) is 20.3 Å². The highest BCUT2D eigenvalue weighted by molar-refractivity contribution is 6.35.